The van der Waals surface area contributed by atoms with Crippen LogP contribution in [0.4, 0.5) is 0 Å². The number of benzene rings is 1. The van der Waals surface area contributed by atoms with Gasteiger partial charge in [-0.2, -0.15) is 0 Å². The van der Waals surface area contributed by atoms with E-state index in [0.717, 1.165) is 38.5 Å². The second-order valence-electron chi connectivity index (χ2n) is 7.04. The molecule has 6 heteroatoms. The maximum atomic E-state index is 12.4. The van der Waals surface area contributed by atoms with Crippen molar-refractivity contribution >= 4 is 23.4 Å². The number of hydrogen-bond donors (Lipinski definition) is 2. The Kier molecular flexibility index (Phi) is 5.97. The Morgan fingerprint density at radius 2 is 1.68 bits per heavy atom. The normalized spacial score (nSPS) is 20.5. The van der Waals surface area contributed by atoms with Gasteiger partial charge in [0.15, 0.2) is 6.10 Å². The van der Waals surface area contributed by atoms with Crippen LogP contribution in [-0.4, -0.2) is 41.0 Å². The number of piperidine rings is 1. The largest absolute Gasteiger partial charge is 0.378 e. The van der Waals surface area contributed by atoms with Crippen molar-refractivity contribution in [1.29, 1.82) is 0 Å². The molecule has 5 nitrogen and oxygen atoms in total. The molecule has 0 bridgehead atoms. The van der Waals surface area contributed by atoms with Gasteiger partial charge in [0.1, 0.15) is 0 Å². The molecule has 2 fully saturated rings. The van der Waals surface area contributed by atoms with E-state index in [9.17, 15) is 14.7 Å². The maximum Gasteiger partial charge on any atom is 0.253 e. The summed E-state index contributed by atoms with van der Waals surface area (Å²) in [4.78, 5) is 26.6. The third kappa shape index (κ3) is 4.53. The summed E-state index contributed by atoms with van der Waals surface area (Å²) in [6, 6.07) is 6.61. The van der Waals surface area contributed by atoms with E-state index >= 15 is 0 Å². The zero-order chi connectivity index (χ0) is 17.8. The summed E-state index contributed by atoms with van der Waals surface area (Å²) < 4.78 is 0. The molecule has 3 rings (SSSR count). The van der Waals surface area contributed by atoms with Crippen LogP contribution in [0.3, 0.4) is 0 Å². The zero-order valence-corrected chi connectivity index (χ0v) is 15.0. The van der Waals surface area contributed by atoms with Gasteiger partial charge in [-0.05, 0) is 43.4 Å². The quantitative estimate of drug-likeness (QED) is 0.863. The van der Waals surface area contributed by atoms with Crippen molar-refractivity contribution in [2.75, 3.05) is 13.1 Å². The fraction of sp³-hybridized carbons (Fsp3) is 0.579. The minimum absolute atomic E-state index is 0.00192. The zero-order valence-electron chi connectivity index (χ0n) is 14.3. The molecule has 136 valence electrons. The molecule has 2 N–H and O–H groups in total. The highest BCUT2D eigenvalue weighted by molar-refractivity contribution is 6.30. The van der Waals surface area contributed by atoms with Gasteiger partial charge in [-0.25, -0.2) is 0 Å². The third-order valence-corrected chi connectivity index (χ3v) is 5.54. The molecule has 2 aliphatic rings. The molecule has 2 amide bonds. The number of rotatable bonds is 4. The van der Waals surface area contributed by atoms with Crippen molar-refractivity contribution in [3.63, 3.8) is 0 Å². The smallest absolute Gasteiger partial charge is 0.253 e. The van der Waals surface area contributed by atoms with E-state index < -0.39 is 12.0 Å². The standard InChI is InChI=1S/C19H25ClN2O3/c20-15-7-5-13(6-8-15)17(23)18(24)21-16-9-11-22(12-10-16)19(25)14-3-1-2-4-14/h5-8,14,16-17,23H,1-4,9-12H2,(H,21,24)/t17-/m1/s1. The molecule has 0 radical (unpaired) electrons. The number of aliphatic hydroxyl groups excluding tert-OH is 1. The molecule has 0 spiro atoms. The van der Waals surface area contributed by atoms with Gasteiger partial charge in [-0.1, -0.05) is 36.6 Å². The van der Waals surface area contributed by atoms with Gasteiger partial charge in [0, 0.05) is 30.1 Å². The average Bonchev–Trinajstić information content (AvgIpc) is 3.16. The summed E-state index contributed by atoms with van der Waals surface area (Å²) >= 11 is 5.82. The fourth-order valence-corrected chi connectivity index (χ4v) is 3.88. The summed E-state index contributed by atoms with van der Waals surface area (Å²) in [7, 11) is 0. The van der Waals surface area contributed by atoms with Crippen LogP contribution in [0, 0.1) is 5.92 Å². The van der Waals surface area contributed by atoms with Crippen LogP contribution in [0.15, 0.2) is 24.3 Å². The molecule has 0 unspecified atom stereocenters. The lowest BCUT2D eigenvalue weighted by atomic mass is 10.0. The lowest BCUT2D eigenvalue weighted by Crippen LogP contribution is -2.48. The van der Waals surface area contributed by atoms with Gasteiger partial charge in [0.05, 0.1) is 0 Å². The molecule has 1 atom stereocenters. The van der Waals surface area contributed by atoms with Crippen molar-refractivity contribution in [3.05, 3.63) is 34.9 Å². The second-order valence-corrected chi connectivity index (χ2v) is 7.48. The number of carbonyl (C=O) groups is 2. The Bertz CT molecular complexity index is 606. The van der Waals surface area contributed by atoms with Gasteiger partial charge in [-0.3, -0.25) is 9.59 Å². The molecule has 1 aliphatic carbocycles. The van der Waals surface area contributed by atoms with E-state index in [1.165, 1.54) is 0 Å². The second kappa shape index (κ2) is 8.19. The van der Waals surface area contributed by atoms with Crippen LogP contribution in [0.5, 0.6) is 0 Å². The molecule has 1 saturated carbocycles. The van der Waals surface area contributed by atoms with Crippen molar-refractivity contribution in [2.45, 2.75) is 50.7 Å². The van der Waals surface area contributed by atoms with Crippen molar-refractivity contribution in [1.82, 2.24) is 10.2 Å². The number of likely N-dealkylation sites (tertiary alicyclic amines) is 1. The Morgan fingerprint density at radius 1 is 1.08 bits per heavy atom. The van der Waals surface area contributed by atoms with Crippen molar-refractivity contribution < 1.29 is 14.7 Å². The Hall–Kier alpha value is -1.59. The highest BCUT2D eigenvalue weighted by Gasteiger charge is 2.31. The minimum Gasteiger partial charge on any atom is -0.378 e. The average molecular weight is 365 g/mol. The predicted octanol–water partition coefficient (Wildman–Crippen LogP) is 2.67. The third-order valence-electron chi connectivity index (χ3n) is 5.29. The summed E-state index contributed by atoms with van der Waals surface area (Å²) in [6.07, 6.45) is 4.62. The van der Waals surface area contributed by atoms with E-state index in [1.807, 2.05) is 4.90 Å². The molecule has 1 aromatic rings. The SMILES string of the molecule is O=C(NC1CCN(C(=O)C2CCCC2)CC1)[C@H](O)c1ccc(Cl)cc1. The monoisotopic (exact) mass is 364 g/mol. The summed E-state index contributed by atoms with van der Waals surface area (Å²) in [6.45, 7) is 1.36. The topological polar surface area (TPSA) is 69.6 Å². The number of halogens is 1. The van der Waals surface area contributed by atoms with E-state index in [1.54, 1.807) is 24.3 Å². The molecule has 1 saturated heterocycles. The number of nitrogens with one attached hydrogen (secondary N) is 1. The molecule has 1 aromatic carbocycles. The van der Waals surface area contributed by atoms with Crippen LogP contribution in [0.2, 0.25) is 5.02 Å². The van der Waals surface area contributed by atoms with Crippen LogP contribution < -0.4 is 5.32 Å². The van der Waals surface area contributed by atoms with Crippen molar-refractivity contribution in [2.24, 2.45) is 5.92 Å². The Morgan fingerprint density at radius 3 is 2.28 bits per heavy atom. The number of amides is 2. The van der Waals surface area contributed by atoms with Gasteiger partial charge in [-0.15, -0.1) is 0 Å². The first-order valence-corrected chi connectivity index (χ1v) is 9.45. The number of nitrogens with zero attached hydrogens (tertiary/aromatic N) is 1. The Balaban J connectivity index is 1.47. The molecular weight excluding hydrogens is 340 g/mol. The van der Waals surface area contributed by atoms with Gasteiger partial charge in [0.25, 0.3) is 5.91 Å². The van der Waals surface area contributed by atoms with Crippen LogP contribution in [0.25, 0.3) is 0 Å². The van der Waals surface area contributed by atoms with Crippen LogP contribution in [0.1, 0.15) is 50.2 Å². The molecule has 25 heavy (non-hydrogen) atoms. The molecule has 1 heterocycles. The summed E-state index contributed by atoms with van der Waals surface area (Å²) in [5, 5.41) is 13.6. The van der Waals surface area contributed by atoms with E-state index in [2.05, 4.69) is 5.32 Å². The van der Waals surface area contributed by atoms with Gasteiger partial charge in [0.2, 0.25) is 5.91 Å². The minimum atomic E-state index is -1.20. The van der Waals surface area contributed by atoms with E-state index in [0.29, 0.717) is 23.7 Å². The molecule has 0 aromatic heterocycles. The predicted molar refractivity (Wildman–Crippen MR) is 96.1 cm³/mol. The van der Waals surface area contributed by atoms with Crippen LogP contribution in [-0.2, 0) is 9.59 Å². The summed E-state index contributed by atoms with van der Waals surface area (Å²) in [5.41, 5.74) is 0.524. The molecular formula is C19H25ClN2O3. The highest BCUT2D eigenvalue weighted by atomic mass is 35.5. The Labute approximate surface area is 153 Å². The first-order valence-electron chi connectivity index (χ1n) is 9.07. The van der Waals surface area contributed by atoms with Crippen molar-refractivity contribution in [3.8, 4) is 0 Å². The number of carbonyl (C=O) groups excluding carboxylic acids is 2. The first kappa shape index (κ1) is 18.2. The van der Waals surface area contributed by atoms with Gasteiger partial charge >= 0.3 is 0 Å². The first-order chi connectivity index (χ1) is 12.0. The molecule has 1 aliphatic heterocycles. The van der Waals surface area contributed by atoms with Crippen LogP contribution >= 0.6 is 11.6 Å². The van der Waals surface area contributed by atoms with E-state index in [4.69, 9.17) is 11.6 Å². The van der Waals surface area contributed by atoms with Gasteiger partial charge < -0.3 is 15.3 Å². The lowest BCUT2D eigenvalue weighted by molar-refractivity contribution is -0.136. The number of hydrogen-bond acceptors (Lipinski definition) is 3. The number of aliphatic hydroxyl groups is 1. The highest BCUT2D eigenvalue weighted by Crippen LogP contribution is 2.27. The fourth-order valence-electron chi connectivity index (χ4n) is 3.75. The maximum absolute atomic E-state index is 12.4. The lowest BCUT2D eigenvalue weighted by Gasteiger charge is -2.34. The van der Waals surface area contributed by atoms with E-state index in [-0.39, 0.29) is 17.9 Å². The summed E-state index contributed by atoms with van der Waals surface area (Å²) in [5.74, 6) is 0.0873.